The first-order valence-electron chi connectivity index (χ1n) is 9.32. The number of amides is 1. The van der Waals surface area contributed by atoms with Gasteiger partial charge in [0.1, 0.15) is 18.0 Å². The minimum atomic E-state index is -0.715. The number of hydrogen-bond acceptors (Lipinski definition) is 6. The number of ether oxygens (including phenoxy) is 1. The van der Waals surface area contributed by atoms with Crippen LogP contribution in [0, 0.1) is 6.92 Å². The van der Waals surface area contributed by atoms with E-state index in [-0.39, 0.29) is 0 Å². The quantitative estimate of drug-likeness (QED) is 0.842. The van der Waals surface area contributed by atoms with Gasteiger partial charge in [0.25, 0.3) is 0 Å². The first-order valence-corrected chi connectivity index (χ1v) is 9.32. The van der Waals surface area contributed by atoms with Crippen LogP contribution in [0.5, 0.6) is 0 Å². The summed E-state index contributed by atoms with van der Waals surface area (Å²) < 4.78 is 9.48. The molecule has 0 unspecified atom stereocenters. The van der Waals surface area contributed by atoms with Crippen LogP contribution in [0.1, 0.15) is 68.3 Å². The Morgan fingerprint density at radius 1 is 1.27 bits per heavy atom. The summed E-state index contributed by atoms with van der Waals surface area (Å²) in [5.74, 6) is 1.85. The molecule has 2 aromatic heterocycles. The van der Waals surface area contributed by atoms with Crippen molar-refractivity contribution in [3.8, 4) is 0 Å². The molecule has 2 fully saturated rings. The predicted octanol–water partition coefficient (Wildman–Crippen LogP) is 1.90. The summed E-state index contributed by atoms with van der Waals surface area (Å²) in [4.78, 5) is 11.4. The first-order chi connectivity index (χ1) is 12.5. The zero-order valence-electron chi connectivity index (χ0n) is 15.1. The highest BCUT2D eigenvalue weighted by Crippen LogP contribution is 2.37. The van der Waals surface area contributed by atoms with Gasteiger partial charge in [-0.15, -0.1) is 15.3 Å². The van der Waals surface area contributed by atoms with E-state index in [0.717, 1.165) is 49.4 Å². The van der Waals surface area contributed by atoms with Crippen LogP contribution < -0.4 is 5.73 Å². The Kier molecular flexibility index (Phi) is 4.37. The van der Waals surface area contributed by atoms with E-state index >= 15 is 0 Å². The molecule has 0 atom stereocenters. The summed E-state index contributed by atoms with van der Waals surface area (Å²) in [5, 5.41) is 17.0. The van der Waals surface area contributed by atoms with Crippen LogP contribution in [0.15, 0.2) is 6.20 Å². The van der Waals surface area contributed by atoms with Crippen molar-refractivity contribution >= 4 is 6.09 Å². The van der Waals surface area contributed by atoms with Crippen molar-refractivity contribution in [3.05, 3.63) is 23.5 Å². The van der Waals surface area contributed by atoms with Crippen molar-refractivity contribution in [2.24, 2.45) is 5.73 Å². The maximum absolute atomic E-state index is 11.4. The summed E-state index contributed by atoms with van der Waals surface area (Å²) in [6.45, 7) is 2.52. The van der Waals surface area contributed by atoms with Gasteiger partial charge in [0.15, 0.2) is 5.82 Å². The van der Waals surface area contributed by atoms with Crippen LogP contribution in [0.3, 0.4) is 0 Å². The molecule has 2 N–H and O–H groups in total. The van der Waals surface area contributed by atoms with Crippen molar-refractivity contribution in [3.63, 3.8) is 0 Å². The van der Waals surface area contributed by atoms with E-state index in [9.17, 15) is 4.79 Å². The molecule has 0 radical (unpaired) electrons. The van der Waals surface area contributed by atoms with Gasteiger partial charge in [-0.25, -0.2) is 9.48 Å². The van der Waals surface area contributed by atoms with E-state index in [1.165, 1.54) is 12.8 Å². The van der Waals surface area contributed by atoms with Gasteiger partial charge in [-0.3, -0.25) is 0 Å². The molecule has 2 aromatic rings. The maximum Gasteiger partial charge on any atom is 0.405 e. The van der Waals surface area contributed by atoms with Crippen molar-refractivity contribution in [1.29, 1.82) is 0 Å². The molecule has 2 aliphatic rings. The molecule has 9 heteroatoms. The molecular weight excluding hydrogens is 334 g/mol. The number of aryl methyl sites for hydroxylation is 1. The Bertz CT molecular complexity index is 787. The monoisotopic (exact) mass is 359 g/mol. The lowest BCUT2D eigenvalue weighted by Crippen LogP contribution is -2.41. The summed E-state index contributed by atoms with van der Waals surface area (Å²) in [7, 11) is 0. The van der Waals surface area contributed by atoms with Crippen molar-refractivity contribution in [2.75, 3.05) is 0 Å². The van der Waals surface area contributed by atoms with E-state index in [1.807, 2.05) is 13.1 Å². The number of carbonyl (C=O) groups excluding carboxylic acids is 1. The highest BCUT2D eigenvalue weighted by atomic mass is 16.6. The SMILES string of the molecule is Cc1nnc(Cn2cc(CC3(OC(N)=O)CCCCC3)nn2)n1C1CC1. The normalized spacial score (nSPS) is 19.4. The number of rotatable bonds is 6. The summed E-state index contributed by atoms with van der Waals surface area (Å²) in [6.07, 6.45) is 8.96. The van der Waals surface area contributed by atoms with Gasteiger partial charge in [0.2, 0.25) is 0 Å². The molecule has 1 amide bonds. The largest absolute Gasteiger partial charge is 0.443 e. The van der Waals surface area contributed by atoms with Gasteiger partial charge >= 0.3 is 6.09 Å². The fourth-order valence-corrected chi connectivity index (χ4v) is 4.02. The van der Waals surface area contributed by atoms with E-state index in [0.29, 0.717) is 19.0 Å². The minimum absolute atomic E-state index is 0.525. The Balaban J connectivity index is 1.48. The summed E-state index contributed by atoms with van der Waals surface area (Å²) >= 11 is 0. The van der Waals surface area contributed by atoms with Gasteiger partial charge < -0.3 is 15.0 Å². The van der Waals surface area contributed by atoms with Crippen LogP contribution in [0.2, 0.25) is 0 Å². The van der Waals surface area contributed by atoms with Crippen LogP contribution in [-0.2, 0) is 17.7 Å². The molecule has 2 aliphatic carbocycles. The van der Waals surface area contributed by atoms with Crippen molar-refractivity contribution in [2.45, 2.75) is 76.5 Å². The number of nitrogens with two attached hydrogens (primary N) is 1. The molecule has 140 valence electrons. The average Bonchev–Trinajstić information content (AvgIpc) is 3.23. The molecule has 26 heavy (non-hydrogen) atoms. The molecule has 9 nitrogen and oxygen atoms in total. The van der Waals surface area contributed by atoms with Crippen LogP contribution in [0.25, 0.3) is 0 Å². The second kappa shape index (κ2) is 6.69. The maximum atomic E-state index is 11.4. The van der Waals surface area contributed by atoms with E-state index in [1.54, 1.807) is 4.68 Å². The predicted molar refractivity (Wildman–Crippen MR) is 92.3 cm³/mol. The fraction of sp³-hybridized carbons (Fsp3) is 0.706. The third kappa shape index (κ3) is 3.56. The number of primary amides is 1. The molecule has 4 rings (SSSR count). The number of nitrogens with zero attached hydrogens (tertiary/aromatic N) is 6. The third-order valence-corrected chi connectivity index (χ3v) is 5.32. The van der Waals surface area contributed by atoms with Crippen molar-refractivity contribution < 1.29 is 9.53 Å². The molecule has 0 spiro atoms. The smallest absolute Gasteiger partial charge is 0.405 e. The molecule has 0 aromatic carbocycles. The fourth-order valence-electron chi connectivity index (χ4n) is 4.02. The van der Waals surface area contributed by atoms with Gasteiger partial charge in [-0.2, -0.15) is 0 Å². The van der Waals surface area contributed by atoms with E-state index < -0.39 is 11.7 Å². The van der Waals surface area contributed by atoms with Gasteiger partial charge in [0.05, 0.1) is 5.69 Å². The summed E-state index contributed by atoms with van der Waals surface area (Å²) in [6, 6.07) is 0.525. The van der Waals surface area contributed by atoms with E-state index in [2.05, 4.69) is 25.1 Å². The lowest BCUT2D eigenvalue weighted by Gasteiger charge is -2.35. The van der Waals surface area contributed by atoms with Gasteiger partial charge in [-0.1, -0.05) is 11.6 Å². The molecule has 0 saturated heterocycles. The number of carbonyl (C=O) groups is 1. The van der Waals surface area contributed by atoms with Crippen LogP contribution in [0.4, 0.5) is 4.79 Å². The zero-order chi connectivity index (χ0) is 18.1. The zero-order valence-corrected chi connectivity index (χ0v) is 15.1. The Labute approximate surface area is 151 Å². The minimum Gasteiger partial charge on any atom is -0.443 e. The Morgan fingerprint density at radius 3 is 2.73 bits per heavy atom. The van der Waals surface area contributed by atoms with Gasteiger partial charge in [-0.05, 0) is 45.4 Å². The molecule has 0 bridgehead atoms. The molecular formula is C17H25N7O2. The number of aromatic nitrogens is 6. The molecule has 0 aliphatic heterocycles. The highest BCUT2D eigenvalue weighted by Gasteiger charge is 2.36. The summed E-state index contributed by atoms with van der Waals surface area (Å²) in [5.41, 5.74) is 5.56. The van der Waals surface area contributed by atoms with Crippen molar-refractivity contribution in [1.82, 2.24) is 29.8 Å². The van der Waals surface area contributed by atoms with E-state index in [4.69, 9.17) is 10.5 Å². The first kappa shape index (κ1) is 17.0. The Morgan fingerprint density at radius 2 is 2.04 bits per heavy atom. The second-order valence-electron chi connectivity index (χ2n) is 7.51. The molecule has 2 saturated carbocycles. The average molecular weight is 359 g/mol. The standard InChI is InChI=1S/C17H25N7O2/c1-12-19-21-15(24(12)14-5-6-14)11-23-10-13(20-22-23)9-17(26-16(18)25)7-3-2-4-8-17/h10,14H,2-9,11H2,1H3,(H2,18,25). The lowest BCUT2D eigenvalue weighted by atomic mass is 9.81. The second-order valence-corrected chi connectivity index (χ2v) is 7.51. The lowest BCUT2D eigenvalue weighted by molar-refractivity contribution is -0.0123. The molecule has 2 heterocycles. The van der Waals surface area contributed by atoms with Crippen LogP contribution >= 0.6 is 0 Å². The van der Waals surface area contributed by atoms with Gasteiger partial charge in [0, 0.05) is 18.7 Å². The van der Waals surface area contributed by atoms with Crippen LogP contribution in [-0.4, -0.2) is 41.5 Å². The Hall–Kier alpha value is -2.45. The topological polar surface area (TPSA) is 114 Å². The highest BCUT2D eigenvalue weighted by molar-refractivity contribution is 5.65. The third-order valence-electron chi connectivity index (χ3n) is 5.32. The number of hydrogen-bond donors (Lipinski definition) is 1.